The molecular weight excluding hydrogens is 396 g/mol. The Bertz CT molecular complexity index is 1020. The van der Waals surface area contributed by atoms with Gasteiger partial charge in [0.25, 0.3) is 10.0 Å². The van der Waals surface area contributed by atoms with Crippen molar-refractivity contribution in [2.45, 2.75) is 4.90 Å². The molecule has 3 rings (SSSR count). The van der Waals surface area contributed by atoms with Gasteiger partial charge in [0.2, 0.25) is 0 Å². The lowest BCUT2D eigenvalue weighted by molar-refractivity contribution is 0.392. The lowest BCUT2D eigenvalue weighted by atomic mass is 10.2. The molecule has 0 atom stereocenters. The van der Waals surface area contributed by atoms with Crippen LogP contribution < -0.4 is 14.2 Å². The van der Waals surface area contributed by atoms with Crippen molar-refractivity contribution in [1.82, 2.24) is 4.98 Å². The number of methoxy groups -OCH3 is 2. The largest absolute Gasteiger partial charge is 0.497 e. The predicted octanol–water partition coefficient (Wildman–Crippen LogP) is 4.28. The highest BCUT2D eigenvalue weighted by atomic mass is 35.5. The summed E-state index contributed by atoms with van der Waals surface area (Å²) in [5, 5.41) is 2.64. The van der Waals surface area contributed by atoms with E-state index < -0.39 is 10.0 Å². The van der Waals surface area contributed by atoms with Gasteiger partial charge in [-0.1, -0.05) is 23.7 Å². The Kier molecular flexibility index (Phi) is 5.36. The molecule has 3 aromatic rings. The molecule has 0 saturated heterocycles. The number of anilines is 1. The van der Waals surface area contributed by atoms with Crippen LogP contribution in [-0.4, -0.2) is 27.6 Å². The van der Waals surface area contributed by atoms with Crippen LogP contribution in [0.5, 0.6) is 11.5 Å². The third-order valence-corrected chi connectivity index (χ3v) is 6.03. The standard InChI is InChI=1S/C17H15ClN2O4S2/c1-23-13-7-8-15(24-2)16(9-13)26(21,22)20-17-19-14(10-25-17)11-3-5-12(18)6-4-11/h3-10H,1-2H3,(H,19,20). The maximum atomic E-state index is 12.7. The van der Waals surface area contributed by atoms with E-state index in [2.05, 4.69) is 9.71 Å². The fourth-order valence-corrected chi connectivity index (χ4v) is 4.52. The van der Waals surface area contributed by atoms with Crippen LogP contribution in [-0.2, 0) is 10.0 Å². The number of hydrogen-bond donors (Lipinski definition) is 1. The molecule has 0 aliphatic heterocycles. The molecule has 9 heteroatoms. The Hall–Kier alpha value is -2.29. The Labute approximate surface area is 160 Å². The van der Waals surface area contributed by atoms with Gasteiger partial charge < -0.3 is 9.47 Å². The van der Waals surface area contributed by atoms with Crippen LogP contribution in [0.1, 0.15) is 0 Å². The first kappa shape index (κ1) is 18.5. The first-order valence-corrected chi connectivity index (χ1v) is 10.1. The predicted molar refractivity (Wildman–Crippen MR) is 103 cm³/mol. The fraction of sp³-hybridized carbons (Fsp3) is 0.118. The second kappa shape index (κ2) is 7.53. The monoisotopic (exact) mass is 410 g/mol. The number of nitrogens with one attached hydrogen (secondary N) is 1. The van der Waals surface area contributed by atoms with Crippen molar-refractivity contribution in [3.63, 3.8) is 0 Å². The maximum absolute atomic E-state index is 12.7. The number of hydrogen-bond acceptors (Lipinski definition) is 6. The molecular formula is C17H15ClN2O4S2. The highest BCUT2D eigenvalue weighted by molar-refractivity contribution is 7.93. The summed E-state index contributed by atoms with van der Waals surface area (Å²) < 4.78 is 38.2. The number of thiazole rings is 1. The van der Waals surface area contributed by atoms with E-state index >= 15 is 0 Å². The highest BCUT2D eigenvalue weighted by Crippen LogP contribution is 2.32. The summed E-state index contributed by atoms with van der Waals surface area (Å²) in [5.74, 6) is 0.625. The zero-order valence-electron chi connectivity index (χ0n) is 13.9. The lowest BCUT2D eigenvalue weighted by Gasteiger charge is -2.11. The fourth-order valence-electron chi connectivity index (χ4n) is 2.24. The second-order valence-electron chi connectivity index (χ2n) is 5.17. The first-order valence-electron chi connectivity index (χ1n) is 7.39. The molecule has 0 radical (unpaired) electrons. The summed E-state index contributed by atoms with van der Waals surface area (Å²) in [6, 6.07) is 11.7. The minimum absolute atomic E-state index is 0.0254. The summed E-state index contributed by atoms with van der Waals surface area (Å²) in [6.45, 7) is 0. The molecule has 0 unspecified atom stereocenters. The van der Waals surface area contributed by atoms with Gasteiger partial charge in [-0.3, -0.25) is 4.72 Å². The van der Waals surface area contributed by atoms with Gasteiger partial charge in [-0.25, -0.2) is 13.4 Å². The number of sulfonamides is 1. The van der Waals surface area contributed by atoms with E-state index in [1.165, 1.54) is 37.7 Å². The average molecular weight is 411 g/mol. The van der Waals surface area contributed by atoms with Crippen molar-refractivity contribution in [1.29, 1.82) is 0 Å². The third kappa shape index (κ3) is 3.92. The highest BCUT2D eigenvalue weighted by Gasteiger charge is 2.22. The minimum atomic E-state index is -3.89. The van der Waals surface area contributed by atoms with Crippen LogP contribution in [0.25, 0.3) is 11.3 Å². The number of aromatic nitrogens is 1. The van der Waals surface area contributed by atoms with Crippen molar-refractivity contribution < 1.29 is 17.9 Å². The van der Waals surface area contributed by atoms with E-state index in [0.717, 1.165) is 5.56 Å². The minimum Gasteiger partial charge on any atom is -0.497 e. The van der Waals surface area contributed by atoms with Crippen LogP contribution in [0.3, 0.4) is 0 Å². The van der Waals surface area contributed by atoms with Crippen molar-refractivity contribution in [3.8, 4) is 22.8 Å². The molecule has 2 aromatic carbocycles. The third-order valence-electron chi connectivity index (χ3n) is 3.53. The van der Waals surface area contributed by atoms with Gasteiger partial charge in [-0.2, -0.15) is 0 Å². The molecule has 0 aliphatic carbocycles. The van der Waals surface area contributed by atoms with Crippen LogP contribution in [0.2, 0.25) is 5.02 Å². The van der Waals surface area contributed by atoms with Crippen LogP contribution in [0, 0.1) is 0 Å². The van der Waals surface area contributed by atoms with E-state index in [9.17, 15) is 8.42 Å². The number of benzene rings is 2. The second-order valence-corrected chi connectivity index (χ2v) is 8.11. The van der Waals surface area contributed by atoms with E-state index in [1.54, 1.807) is 23.6 Å². The molecule has 136 valence electrons. The summed E-state index contributed by atoms with van der Waals surface area (Å²) in [6.07, 6.45) is 0. The smallest absolute Gasteiger partial charge is 0.267 e. The Balaban J connectivity index is 1.90. The van der Waals surface area contributed by atoms with Crippen molar-refractivity contribution in [3.05, 3.63) is 52.9 Å². The molecule has 0 fully saturated rings. The summed E-state index contributed by atoms with van der Waals surface area (Å²) in [5.41, 5.74) is 1.50. The van der Waals surface area contributed by atoms with Gasteiger partial charge in [0.15, 0.2) is 5.13 Å². The normalized spacial score (nSPS) is 11.2. The number of nitrogens with zero attached hydrogens (tertiary/aromatic N) is 1. The Morgan fingerprint density at radius 1 is 1.08 bits per heavy atom. The first-order chi connectivity index (χ1) is 12.4. The molecule has 0 saturated carbocycles. The van der Waals surface area contributed by atoms with E-state index in [0.29, 0.717) is 16.5 Å². The Morgan fingerprint density at radius 3 is 2.46 bits per heavy atom. The van der Waals surface area contributed by atoms with E-state index in [1.807, 2.05) is 12.1 Å². The van der Waals surface area contributed by atoms with Crippen LogP contribution in [0.4, 0.5) is 5.13 Å². The van der Waals surface area contributed by atoms with Gasteiger partial charge in [-0.05, 0) is 24.3 Å². The molecule has 1 N–H and O–H groups in total. The van der Waals surface area contributed by atoms with Gasteiger partial charge in [0, 0.05) is 22.0 Å². The van der Waals surface area contributed by atoms with E-state index in [4.69, 9.17) is 21.1 Å². The summed E-state index contributed by atoms with van der Waals surface area (Å²) in [4.78, 5) is 4.31. The molecule has 1 heterocycles. The van der Waals surface area contributed by atoms with Gasteiger partial charge in [0.1, 0.15) is 16.4 Å². The SMILES string of the molecule is COc1ccc(OC)c(S(=O)(=O)Nc2nc(-c3ccc(Cl)cc3)cs2)c1. The zero-order valence-corrected chi connectivity index (χ0v) is 16.3. The molecule has 1 aromatic heterocycles. The van der Waals surface area contributed by atoms with Gasteiger partial charge in [-0.15, -0.1) is 11.3 Å². The van der Waals surface area contributed by atoms with Gasteiger partial charge in [0.05, 0.1) is 19.9 Å². The Morgan fingerprint density at radius 2 is 1.81 bits per heavy atom. The van der Waals surface area contributed by atoms with Crippen molar-refractivity contribution >= 4 is 38.1 Å². The van der Waals surface area contributed by atoms with E-state index in [-0.39, 0.29) is 15.8 Å². The number of rotatable bonds is 6. The molecule has 0 spiro atoms. The lowest BCUT2D eigenvalue weighted by Crippen LogP contribution is -2.14. The van der Waals surface area contributed by atoms with Crippen molar-refractivity contribution in [2.75, 3.05) is 18.9 Å². The molecule has 0 amide bonds. The zero-order chi connectivity index (χ0) is 18.7. The molecule has 6 nitrogen and oxygen atoms in total. The summed E-state index contributed by atoms with van der Waals surface area (Å²) >= 11 is 7.07. The molecule has 0 bridgehead atoms. The quantitative estimate of drug-likeness (QED) is 0.656. The van der Waals surface area contributed by atoms with Gasteiger partial charge >= 0.3 is 0 Å². The summed E-state index contributed by atoms with van der Waals surface area (Å²) in [7, 11) is -1.02. The number of halogens is 1. The van der Waals surface area contributed by atoms with Crippen LogP contribution in [0.15, 0.2) is 52.7 Å². The maximum Gasteiger partial charge on any atom is 0.267 e. The van der Waals surface area contributed by atoms with Crippen molar-refractivity contribution in [2.24, 2.45) is 0 Å². The average Bonchev–Trinajstić information content (AvgIpc) is 3.09. The molecule has 0 aliphatic rings. The van der Waals surface area contributed by atoms with Crippen LogP contribution >= 0.6 is 22.9 Å². The molecule has 26 heavy (non-hydrogen) atoms. The topological polar surface area (TPSA) is 77.5 Å². The number of ether oxygens (including phenoxy) is 2.